The lowest BCUT2D eigenvalue weighted by Crippen LogP contribution is -2.34. The van der Waals surface area contributed by atoms with E-state index in [4.69, 9.17) is 4.42 Å². The van der Waals surface area contributed by atoms with E-state index in [1.165, 1.54) is 24.9 Å². The molecule has 3 unspecified atom stereocenters. The zero-order valence-corrected chi connectivity index (χ0v) is 12.6. The van der Waals surface area contributed by atoms with Gasteiger partial charge in [0.05, 0.1) is 0 Å². The first-order valence-electron chi connectivity index (χ1n) is 7.83. The fourth-order valence-corrected chi connectivity index (χ4v) is 3.22. The fourth-order valence-electron chi connectivity index (χ4n) is 3.22. The number of benzene rings is 1. The molecule has 1 heterocycles. The Balaban J connectivity index is 1.79. The highest BCUT2D eigenvalue weighted by atomic mass is 16.3. The number of aryl methyl sites for hydroxylation is 1. The molecule has 2 aromatic rings. The number of fused-ring (bicyclic) bond motifs is 1. The molecule has 1 N–H and O–H groups in total. The van der Waals surface area contributed by atoms with Crippen LogP contribution < -0.4 is 5.32 Å². The van der Waals surface area contributed by atoms with Crippen molar-refractivity contribution >= 4 is 16.8 Å². The van der Waals surface area contributed by atoms with Crippen LogP contribution >= 0.6 is 0 Å². The Kier molecular flexibility index (Phi) is 3.68. The van der Waals surface area contributed by atoms with Crippen LogP contribution in [0.4, 0.5) is 5.69 Å². The Morgan fingerprint density at radius 2 is 2.15 bits per heavy atom. The molecule has 0 spiro atoms. The largest absolute Gasteiger partial charge is 0.441 e. The van der Waals surface area contributed by atoms with Gasteiger partial charge in [0, 0.05) is 18.2 Å². The Hall–Kier alpha value is -1.51. The molecule has 3 atom stereocenters. The topological polar surface area (TPSA) is 38.1 Å². The van der Waals surface area contributed by atoms with Gasteiger partial charge in [0.2, 0.25) is 0 Å². The molecular formula is C17H24N2O. The summed E-state index contributed by atoms with van der Waals surface area (Å²) in [7, 11) is 0. The van der Waals surface area contributed by atoms with Gasteiger partial charge in [0.25, 0.3) is 0 Å². The average molecular weight is 272 g/mol. The van der Waals surface area contributed by atoms with Crippen LogP contribution in [0.5, 0.6) is 0 Å². The van der Waals surface area contributed by atoms with Gasteiger partial charge in [-0.25, -0.2) is 4.98 Å². The van der Waals surface area contributed by atoms with Crippen molar-refractivity contribution in [2.75, 3.05) is 5.32 Å². The van der Waals surface area contributed by atoms with Gasteiger partial charge in [-0.2, -0.15) is 0 Å². The minimum atomic E-state index is 0.578. The Labute approximate surface area is 120 Å². The van der Waals surface area contributed by atoms with Gasteiger partial charge in [0.1, 0.15) is 5.52 Å². The Morgan fingerprint density at radius 1 is 1.30 bits per heavy atom. The van der Waals surface area contributed by atoms with E-state index >= 15 is 0 Å². The van der Waals surface area contributed by atoms with E-state index in [-0.39, 0.29) is 0 Å². The molecule has 1 saturated carbocycles. The van der Waals surface area contributed by atoms with Crippen molar-refractivity contribution in [3.05, 3.63) is 24.1 Å². The normalized spacial score (nSPS) is 26.9. The molecule has 0 amide bonds. The molecule has 1 aliphatic rings. The minimum absolute atomic E-state index is 0.578. The van der Waals surface area contributed by atoms with Crippen molar-refractivity contribution in [2.45, 2.75) is 52.5 Å². The average Bonchev–Trinajstić information content (AvgIpc) is 2.86. The molecule has 0 saturated heterocycles. The molecule has 0 radical (unpaired) electrons. The van der Waals surface area contributed by atoms with Crippen LogP contribution in [0.25, 0.3) is 11.1 Å². The van der Waals surface area contributed by atoms with E-state index in [2.05, 4.69) is 43.2 Å². The first-order chi connectivity index (χ1) is 9.67. The lowest BCUT2D eigenvalue weighted by Gasteiger charge is -2.35. The van der Waals surface area contributed by atoms with Crippen molar-refractivity contribution in [3.63, 3.8) is 0 Å². The highest BCUT2D eigenvalue weighted by Gasteiger charge is 2.26. The van der Waals surface area contributed by atoms with E-state index in [1.54, 1.807) is 0 Å². The number of aromatic nitrogens is 1. The van der Waals surface area contributed by atoms with Crippen LogP contribution in [0.1, 0.15) is 45.9 Å². The molecule has 1 aromatic carbocycles. The molecule has 1 aromatic heterocycles. The maximum absolute atomic E-state index is 5.66. The molecule has 1 fully saturated rings. The summed E-state index contributed by atoms with van der Waals surface area (Å²) in [4.78, 5) is 4.51. The number of nitrogens with zero attached hydrogens (tertiary/aromatic N) is 1. The molecule has 3 rings (SSSR count). The number of hydrogen-bond donors (Lipinski definition) is 1. The highest BCUT2D eigenvalue weighted by Crippen LogP contribution is 2.32. The van der Waals surface area contributed by atoms with Gasteiger partial charge in [-0.05, 0) is 36.5 Å². The lowest BCUT2D eigenvalue weighted by atomic mass is 9.78. The molecule has 3 heteroatoms. The number of oxazole rings is 1. The minimum Gasteiger partial charge on any atom is -0.441 e. The molecule has 0 aliphatic heterocycles. The van der Waals surface area contributed by atoms with Crippen molar-refractivity contribution in [1.29, 1.82) is 0 Å². The molecule has 3 nitrogen and oxygen atoms in total. The number of hydrogen-bond acceptors (Lipinski definition) is 3. The maximum atomic E-state index is 5.66. The van der Waals surface area contributed by atoms with Crippen molar-refractivity contribution < 1.29 is 4.42 Å². The van der Waals surface area contributed by atoms with Gasteiger partial charge >= 0.3 is 0 Å². The highest BCUT2D eigenvalue weighted by molar-refractivity contribution is 5.77. The second kappa shape index (κ2) is 5.47. The van der Waals surface area contributed by atoms with Crippen molar-refractivity contribution in [1.82, 2.24) is 4.98 Å². The van der Waals surface area contributed by atoms with Gasteiger partial charge in [0.15, 0.2) is 11.5 Å². The standard InChI is InChI=1S/C17H24N2O/c1-4-17-19-15-10-13(8-9-16(15)20-17)18-14-7-5-6-11(2)12(14)3/h8-12,14,18H,4-7H2,1-3H3. The van der Waals surface area contributed by atoms with Gasteiger partial charge in [-0.3, -0.25) is 0 Å². The van der Waals surface area contributed by atoms with E-state index in [0.29, 0.717) is 6.04 Å². The third kappa shape index (κ3) is 2.54. The number of anilines is 1. The summed E-state index contributed by atoms with van der Waals surface area (Å²) in [6.07, 6.45) is 4.80. The monoisotopic (exact) mass is 272 g/mol. The van der Waals surface area contributed by atoms with Crippen molar-refractivity contribution in [2.24, 2.45) is 11.8 Å². The Morgan fingerprint density at radius 3 is 2.95 bits per heavy atom. The van der Waals surface area contributed by atoms with Crippen molar-refractivity contribution in [3.8, 4) is 0 Å². The predicted molar refractivity (Wildman–Crippen MR) is 83.0 cm³/mol. The predicted octanol–water partition coefficient (Wildman–Crippen LogP) is 4.63. The van der Waals surface area contributed by atoms with Crippen LogP contribution in [0.15, 0.2) is 22.6 Å². The van der Waals surface area contributed by atoms with Crippen LogP contribution in [-0.4, -0.2) is 11.0 Å². The molecule has 20 heavy (non-hydrogen) atoms. The third-order valence-electron chi connectivity index (χ3n) is 4.79. The molecular weight excluding hydrogens is 248 g/mol. The number of rotatable bonds is 3. The van der Waals surface area contributed by atoms with Crippen LogP contribution in [-0.2, 0) is 6.42 Å². The molecule has 1 aliphatic carbocycles. The Bertz CT molecular complexity index is 590. The van der Waals surface area contributed by atoms with Crippen LogP contribution in [0.3, 0.4) is 0 Å². The summed E-state index contributed by atoms with van der Waals surface area (Å²) in [5.41, 5.74) is 3.01. The van der Waals surface area contributed by atoms with Crippen LogP contribution in [0, 0.1) is 11.8 Å². The first kappa shape index (κ1) is 13.5. The van der Waals surface area contributed by atoms with E-state index in [1.807, 2.05) is 6.07 Å². The summed E-state index contributed by atoms with van der Waals surface area (Å²) < 4.78 is 5.66. The smallest absolute Gasteiger partial charge is 0.195 e. The molecule has 0 bridgehead atoms. The third-order valence-corrected chi connectivity index (χ3v) is 4.79. The van der Waals surface area contributed by atoms with Crippen LogP contribution in [0.2, 0.25) is 0 Å². The second-order valence-corrected chi connectivity index (χ2v) is 6.16. The van der Waals surface area contributed by atoms with Gasteiger partial charge in [-0.15, -0.1) is 0 Å². The summed E-state index contributed by atoms with van der Waals surface area (Å²) in [5.74, 6) is 2.35. The zero-order chi connectivity index (χ0) is 14.1. The quantitative estimate of drug-likeness (QED) is 0.885. The fraction of sp³-hybridized carbons (Fsp3) is 0.588. The maximum Gasteiger partial charge on any atom is 0.195 e. The number of nitrogens with one attached hydrogen (secondary N) is 1. The lowest BCUT2D eigenvalue weighted by molar-refractivity contribution is 0.253. The zero-order valence-electron chi connectivity index (χ0n) is 12.6. The molecule has 108 valence electrons. The second-order valence-electron chi connectivity index (χ2n) is 6.16. The first-order valence-corrected chi connectivity index (χ1v) is 7.83. The summed E-state index contributed by atoms with van der Waals surface area (Å²) in [6, 6.07) is 6.83. The van der Waals surface area contributed by atoms with E-state index in [0.717, 1.165) is 35.2 Å². The van der Waals surface area contributed by atoms with E-state index < -0.39 is 0 Å². The summed E-state index contributed by atoms with van der Waals surface area (Å²) >= 11 is 0. The summed E-state index contributed by atoms with van der Waals surface area (Å²) in [6.45, 7) is 6.80. The van der Waals surface area contributed by atoms with E-state index in [9.17, 15) is 0 Å². The van der Waals surface area contributed by atoms with Gasteiger partial charge < -0.3 is 9.73 Å². The summed E-state index contributed by atoms with van der Waals surface area (Å²) in [5, 5.41) is 3.70. The SMILES string of the molecule is CCc1nc2cc(NC3CCCC(C)C3C)ccc2o1. The van der Waals surface area contributed by atoms with Gasteiger partial charge in [-0.1, -0.05) is 33.6 Å².